The largest absolute Gasteiger partial charge is 0.416 e. The van der Waals surface area contributed by atoms with Crippen molar-refractivity contribution in [2.75, 3.05) is 0 Å². The summed E-state index contributed by atoms with van der Waals surface area (Å²) in [6.45, 7) is 0. The Morgan fingerprint density at radius 2 is 1.93 bits per heavy atom. The minimum Gasteiger partial charge on any atom is -0.303 e. The number of hydrogen-bond donors (Lipinski definition) is 1. The van der Waals surface area contributed by atoms with E-state index >= 15 is 0 Å². The first-order valence-corrected chi connectivity index (χ1v) is 9.08. The zero-order chi connectivity index (χ0) is 19.4. The fourth-order valence-electron chi connectivity index (χ4n) is 2.38. The summed E-state index contributed by atoms with van der Waals surface area (Å²) in [5, 5.41) is 10.3. The molecule has 0 bridgehead atoms. The van der Waals surface area contributed by atoms with Crippen LogP contribution in [0.2, 0.25) is 5.02 Å². The lowest BCUT2D eigenvalue weighted by molar-refractivity contribution is -0.137. The van der Waals surface area contributed by atoms with Crippen molar-refractivity contribution in [3.63, 3.8) is 0 Å². The number of hydrogen-bond acceptors (Lipinski definition) is 4. The van der Waals surface area contributed by atoms with E-state index < -0.39 is 17.0 Å². The third-order valence-corrected chi connectivity index (χ3v) is 5.15. The van der Waals surface area contributed by atoms with E-state index in [4.69, 9.17) is 11.6 Å². The third-order valence-electron chi connectivity index (χ3n) is 3.71. The Morgan fingerprint density at radius 1 is 1.19 bits per heavy atom. The second kappa shape index (κ2) is 8.14. The van der Waals surface area contributed by atoms with E-state index in [1.54, 1.807) is 0 Å². The van der Waals surface area contributed by atoms with Crippen molar-refractivity contribution in [2.45, 2.75) is 17.8 Å². The van der Waals surface area contributed by atoms with Gasteiger partial charge < -0.3 is 5.32 Å². The molecule has 9 heteroatoms. The average Bonchev–Trinajstić information content (AvgIpc) is 2.96. The molecule has 1 heterocycles. The molecule has 0 saturated carbocycles. The van der Waals surface area contributed by atoms with Gasteiger partial charge in [0, 0.05) is 5.02 Å². The highest BCUT2D eigenvalue weighted by molar-refractivity contribution is 8.15. The fourth-order valence-corrected chi connectivity index (χ4v) is 3.53. The van der Waals surface area contributed by atoms with Gasteiger partial charge in [-0.25, -0.2) is 0 Å². The van der Waals surface area contributed by atoms with Crippen LogP contribution in [0.5, 0.6) is 0 Å². The molecule has 4 nitrogen and oxygen atoms in total. The number of carbonyl (C=O) groups is 1. The molecule has 1 fully saturated rings. The maximum Gasteiger partial charge on any atom is 0.416 e. The lowest BCUT2D eigenvalue weighted by atomic mass is 10.1. The number of carbonyl (C=O) groups excluding carboxylic acids is 1. The molecule has 0 spiro atoms. The summed E-state index contributed by atoms with van der Waals surface area (Å²) in [7, 11) is 0. The van der Waals surface area contributed by atoms with Crippen LogP contribution < -0.4 is 5.32 Å². The zero-order valence-electron chi connectivity index (χ0n) is 13.7. The van der Waals surface area contributed by atoms with Gasteiger partial charge in [-0.2, -0.15) is 18.3 Å². The first-order chi connectivity index (χ1) is 12.8. The van der Waals surface area contributed by atoms with Crippen molar-refractivity contribution < 1.29 is 18.0 Å². The van der Waals surface area contributed by atoms with Crippen molar-refractivity contribution in [1.29, 1.82) is 0 Å². The quantitative estimate of drug-likeness (QED) is 0.594. The van der Waals surface area contributed by atoms with Crippen LogP contribution in [0.4, 0.5) is 13.2 Å². The molecule has 2 aromatic carbocycles. The maximum absolute atomic E-state index is 12.9. The van der Waals surface area contributed by atoms with Crippen molar-refractivity contribution in [1.82, 2.24) is 5.32 Å². The van der Waals surface area contributed by atoms with Crippen LogP contribution in [0.3, 0.4) is 0 Å². The van der Waals surface area contributed by atoms with Gasteiger partial charge in [0.25, 0.3) is 0 Å². The summed E-state index contributed by atoms with van der Waals surface area (Å²) in [6.07, 6.45) is -2.87. The van der Waals surface area contributed by atoms with Gasteiger partial charge in [0.1, 0.15) is 0 Å². The number of nitrogens with one attached hydrogen (secondary N) is 1. The molecular weight excluding hydrogens is 399 g/mol. The standard InChI is InChI=1S/C18H13ClF3N3OS/c19-14-7-6-13(18(20,21)22)8-12(14)9-15-16(26)24-17(27-15)25-23-10-11-4-2-1-3-5-11/h1-8,10,15H,9H2,(H,24,25,26)/b23-10-/t15-/m0/s1. The van der Waals surface area contributed by atoms with E-state index in [0.717, 1.165) is 29.5 Å². The van der Waals surface area contributed by atoms with E-state index in [0.29, 0.717) is 5.17 Å². The predicted octanol–water partition coefficient (Wildman–Crippen LogP) is 4.52. The minimum absolute atomic E-state index is 0.0562. The molecule has 1 atom stereocenters. The molecule has 140 valence electrons. The van der Waals surface area contributed by atoms with Crippen LogP contribution in [-0.2, 0) is 17.4 Å². The van der Waals surface area contributed by atoms with Crippen LogP contribution >= 0.6 is 23.4 Å². The van der Waals surface area contributed by atoms with E-state index in [1.807, 2.05) is 30.3 Å². The number of amides is 1. The zero-order valence-corrected chi connectivity index (χ0v) is 15.3. The molecule has 0 aliphatic carbocycles. The Kier molecular flexibility index (Phi) is 5.86. The van der Waals surface area contributed by atoms with Gasteiger partial charge in [-0.15, -0.1) is 5.10 Å². The molecule has 3 rings (SSSR count). The second-order valence-electron chi connectivity index (χ2n) is 5.66. The SMILES string of the molecule is O=C1N/C(=N/N=C\c2ccccc2)S[C@H]1Cc1cc(C(F)(F)F)ccc1Cl. The molecular formula is C18H13ClF3N3OS. The Balaban J connectivity index is 1.70. The summed E-state index contributed by atoms with van der Waals surface area (Å²) < 4.78 is 38.6. The predicted molar refractivity (Wildman–Crippen MR) is 101 cm³/mol. The molecule has 2 aromatic rings. The highest BCUT2D eigenvalue weighted by Crippen LogP contribution is 2.33. The number of halogens is 4. The van der Waals surface area contributed by atoms with Crippen LogP contribution in [0, 0.1) is 0 Å². The third kappa shape index (κ3) is 5.11. The molecule has 1 aliphatic heterocycles. The molecule has 1 aliphatic rings. The summed E-state index contributed by atoms with van der Waals surface area (Å²) in [5.41, 5.74) is 0.309. The number of amidine groups is 1. The van der Waals surface area contributed by atoms with Crippen LogP contribution in [0.1, 0.15) is 16.7 Å². The number of thioether (sulfide) groups is 1. The smallest absolute Gasteiger partial charge is 0.303 e. The highest BCUT2D eigenvalue weighted by atomic mass is 35.5. The second-order valence-corrected chi connectivity index (χ2v) is 7.26. The average molecular weight is 412 g/mol. The topological polar surface area (TPSA) is 53.8 Å². The molecule has 1 amide bonds. The molecule has 1 saturated heterocycles. The Morgan fingerprint density at radius 3 is 2.63 bits per heavy atom. The Bertz CT molecular complexity index is 900. The van der Waals surface area contributed by atoms with Crippen molar-refractivity contribution in [2.24, 2.45) is 10.2 Å². The van der Waals surface area contributed by atoms with E-state index in [1.165, 1.54) is 12.3 Å². The Labute approximate surface area is 162 Å². The van der Waals surface area contributed by atoms with Crippen LogP contribution in [0.25, 0.3) is 0 Å². The van der Waals surface area contributed by atoms with Gasteiger partial charge in [0.05, 0.1) is 17.0 Å². The monoisotopic (exact) mass is 411 g/mol. The van der Waals surface area contributed by atoms with Gasteiger partial charge in [0.2, 0.25) is 5.91 Å². The minimum atomic E-state index is -4.47. The van der Waals surface area contributed by atoms with Gasteiger partial charge in [-0.05, 0) is 35.7 Å². The molecule has 27 heavy (non-hydrogen) atoms. The van der Waals surface area contributed by atoms with Gasteiger partial charge in [-0.3, -0.25) is 4.79 Å². The first kappa shape index (κ1) is 19.4. The van der Waals surface area contributed by atoms with E-state index in [9.17, 15) is 18.0 Å². The van der Waals surface area contributed by atoms with Crippen molar-refractivity contribution in [3.8, 4) is 0 Å². The highest BCUT2D eigenvalue weighted by Gasteiger charge is 2.34. The van der Waals surface area contributed by atoms with Gasteiger partial charge in [0.15, 0.2) is 5.17 Å². The van der Waals surface area contributed by atoms with Gasteiger partial charge in [-0.1, -0.05) is 53.7 Å². The lowest BCUT2D eigenvalue weighted by Crippen LogP contribution is -2.26. The van der Waals surface area contributed by atoms with E-state index in [-0.39, 0.29) is 22.9 Å². The normalized spacial score (nSPS) is 19.0. The number of nitrogens with zero attached hydrogens (tertiary/aromatic N) is 2. The summed E-state index contributed by atoms with van der Waals surface area (Å²) >= 11 is 7.10. The van der Waals surface area contributed by atoms with Gasteiger partial charge >= 0.3 is 6.18 Å². The summed E-state index contributed by atoms with van der Waals surface area (Å²) in [6, 6.07) is 12.4. The Hall–Kier alpha value is -2.32. The van der Waals surface area contributed by atoms with Crippen molar-refractivity contribution in [3.05, 3.63) is 70.2 Å². The fraction of sp³-hybridized carbons (Fsp3) is 0.167. The molecule has 0 unspecified atom stereocenters. The lowest BCUT2D eigenvalue weighted by Gasteiger charge is -2.12. The van der Waals surface area contributed by atoms with Crippen molar-refractivity contribution >= 4 is 40.7 Å². The molecule has 0 aromatic heterocycles. The molecule has 0 radical (unpaired) electrons. The number of alkyl halides is 3. The summed E-state index contributed by atoms with van der Waals surface area (Å²) in [4.78, 5) is 12.1. The van der Waals surface area contributed by atoms with Crippen LogP contribution in [0.15, 0.2) is 58.7 Å². The first-order valence-electron chi connectivity index (χ1n) is 7.82. The summed E-state index contributed by atoms with van der Waals surface area (Å²) in [5.74, 6) is -0.345. The molecule has 1 N–H and O–H groups in total. The number of rotatable bonds is 4. The number of benzene rings is 2. The van der Waals surface area contributed by atoms with Crippen LogP contribution in [-0.4, -0.2) is 22.5 Å². The van der Waals surface area contributed by atoms with E-state index in [2.05, 4.69) is 15.5 Å². The maximum atomic E-state index is 12.9.